The summed E-state index contributed by atoms with van der Waals surface area (Å²) in [6, 6.07) is 7.08. The van der Waals surface area contributed by atoms with Crippen LogP contribution in [0, 0.1) is 5.82 Å². The molecule has 0 amide bonds. The predicted molar refractivity (Wildman–Crippen MR) is 96.3 cm³/mol. The molecular weight excluding hydrogens is 396 g/mol. The van der Waals surface area contributed by atoms with E-state index in [1.165, 1.54) is 12.5 Å². The van der Waals surface area contributed by atoms with Gasteiger partial charge >= 0.3 is 0 Å². The van der Waals surface area contributed by atoms with Crippen molar-refractivity contribution in [3.63, 3.8) is 0 Å². The Morgan fingerprint density at radius 3 is 2.91 bits per heavy atom. The number of rotatable bonds is 4. The van der Waals surface area contributed by atoms with E-state index in [0.29, 0.717) is 18.2 Å². The number of nitrogens with zero attached hydrogens (tertiary/aromatic N) is 1. The van der Waals surface area contributed by atoms with Gasteiger partial charge in [-0.1, -0.05) is 12.1 Å². The van der Waals surface area contributed by atoms with Crippen LogP contribution in [0.1, 0.15) is 24.8 Å². The number of hydrogen-bond acceptors (Lipinski definition) is 2. The molecule has 122 valence electrons. The van der Waals surface area contributed by atoms with E-state index < -0.39 is 0 Å². The summed E-state index contributed by atoms with van der Waals surface area (Å²) in [6.07, 6.45) is 4.92. The molecule has 22 heavy (non-hydrogen) atoms. The largest absolute Gasteiger partial charge is 0.373 e. The lowest BCUT2D eigenvalue weighted by Gasteiger charge is -2.22. The highest BCUT2D eigenvalue weighted by Gasteiger charge is 2.41. The minimum atomic E-state index is -0.186. The molecule has 4 nitrogen and oxygen atoms in total. The summed E-state index contributed by atoms with van der Waals surface area (Å²) in [5, 5.41) is 6.72. The number of guanidine groups is 1. The lowest BCUT2D eigenvalue weighted by atomic mass is 9.96. The van der Waals surface area contributed by atoms with Crippen molar-refractivity contribution in [2.24, 2.45) is 4.99 Å². The van der Waals surface area contributed by atoms with Gasteiger partial charge in [0.2, 0.25) is 0 Å². The van der Waals surface area contributed by atoms with Crippen LogP contribution in [-0.4, -0.2) is 37.8 Å². The summed E-state index contributed by atoms with van der Waals surface area (Å²) in [4.78, 5) is 4.25. The lowest BCUT2D eigenvalue weighted by Crippen LogP contribution is -2.47. The van der Waals surface area contributed by atoms with Gasteiger partial charge in [0.25, 0.3) is 0 Å². The van der Waals surface area contributed by atoms with E-state index in [-0.39, 0.29) is 29.8 Å². The number of benzene rings is 1. The zero-order chi connectivity index (χ0) is 14.7. The van der Waals surface area contributed by atoms with Crippen molar-refractivity contribution in [2.75, 3.05) is 13.6 Å². The fourth-order valence-corrected chi connectivity index (χ4v) is 3.18. The van der Waals surface area contributed by atoms with Crippen molar-refractivity contribution in [1.29, 1.82) is 0 Å². The van der Waals surface area contributed by atoms with E-state index in [1.807, 2.05) is 6.07 Å². The van der Waals surface area contributed by atoms with Crippen LogP contribution in [0.15, 0.2) is 29.3 Å². The number of fused-ring (bicyclic) bond motifs is 2. The Morgan fingerprint density at radius 2 is 2.27 bits per heavy atom. The topological polar surface area (TPSA) is 45.7 Å². The molecule has 2 aliphatic heterocycles. The Balaban J connectivity index is 0.00000176. The van der Waals surface area contributed by atoms with Gasteiger partial charge in [-0.15, -0.1) is 24.0 Å². The standard InChI is InChI=1S/C16H22FN3O.HI/c1-18-16(20-14-10-13-5-6-15(14)21-13)19-8-7-11-3-2-4-12(17)9-11;/h2-4,9,13-15H,5-8,10H2,1H3,(H2,18,19,20);1H. The summed E-state index contributed by atoms with van der Waals surface area (Å²) in [6.45, 7) is 0.727. The second-order valence-corrected chi connectivity index (χ2v) is 5.74. The van der Waals surface area contributed by atoms with Gasteiger partial charge in [0.15, 0.2) is 5.96 Å². The van der Waals surface area contributed by atoms with Gasteiger partial charge in [-0.2, -0.15) is 0 Å². The third-order valence-electron chi connectivity index (χ3n) is 4.25. The normalized spacial score (nSPS) is 26.6. The zero-order valence-electron chi connectivity index (χ0n) is 12.7. The summed E-state index contributed by atoms with van der Waals surface area (Å²) in [5.41, 5.74) is 0.987. The molecule has 3 rings (SSSR count). The van der Waals surface area contributed by atoms with Gasteiger partial charge in [-0.3, -0.25) is 4.99 Å². The minimum absolute atomic E-state index is 0. The minimum Gasteiger partial charge on any atom is -0.373 e. The van der Waals surface area contributed by atoms with Crippen molar-refractivity contribution in [2.45, 2.75) is 43.9 Å². The molecule has 2 fully saturated rings. The molecule has 3 atom stereocenters. The molecule has 0 radical (unpaired) electrons. The summed E-state index contributed by atoms with van der Waals surface area (Å²) < 4.78 is 18.9. The molecule has 2 heterocycles. The number of hydrogen-bond donors (Lipinski definition) is 2. The number of halogens is 2. The van der Waals surface area contributed by atoms with Crippen molar-refractivity contribution in [3.05, 3.63) is 35.6 Å². The molecule has 0 aliphatic carbocycles. The zero-order valence-corrected chi connectivity index (χ0v) is 15.0. The van der Waals surface area contributed by atoms with Crippen LogP contribution in [0.25, 0.3) is 0 Å². The van der Waals surface area contributed by atoms with Crippen molar-refractivity contribution >= 4 is 29.9 Å². The maximum absolute atomic E-state index is 13.1. The van der Waals surface area contributed by atoms with Crippen LogP contribution in [-0.2, 0) is 11.2 Å². The van der Waals surface area contributed by atoms with E-state index >= 15 is 0 Å². The molecule has 0 aromatic heterocycles. The van der Waals surface area contributed by atoms with Crippen LogP contribution < -0.4 is 10.6 Å². The third kappa shape index (κ3) is 4.32. The Bertz CT molecular complexity index is 526. The van der Waals surface area contributed by atoms with Crippen LogP contribution in [0.4, 0.5) is 4.39 Å². The van der Waals surface area contributed by atoms with Gasteiger partial charge in [0, 0.05) is 13.6 Å². The maximum atomic E-state index is 13.1. The summed E-state index contributed by atoms with van der Waals surface area (Å²) in [5.74, 6) is 0.613. The summed E-state index contributed by atoms with van der Waals surface area (Å²) in [7, 11) is 1.77. The smallest absolute Gasteiger partial charge is 0.191 e. The Kier molecular flexibility index (Phi) is 6.43. The quantitative estimate of drug-likeness (QED) is 0.448. The molecule has 2 N–H and O–H groups in total. The van der Waals surface area contributed by atoms with E-state index in [4.69, 9.17) is 4.74 Å². The van der Waals surface area contributed by atoms with Crippen molar-refractivity contribution in [3.8, 4) is 0 Å². The van der Waals surface area contributed by atoms with Crippen LogP contribution >= 0.6 is 24.0 Å². The highest BCUT2D eigenvalue weighted by molar-refractivity contribution is 14.0. The SMILES string of the molecule is CN=C(NCCc1cccc(F)c1)NC1CC2CCC1O2.I. The highest BCUT2D eigenvalue weighted by atomic mass is 127. The van der Waals surface area contributed by atoms with Gasteiger partial charge < -0.3 is 15.4 Å². The van der Waals surface area contributed by atoms with E-state index in [2.05, 4.69) is 15.6 Å². The molecule has 2 aliphatic rings. The molecule has 0 spiro atoms. The van der Waals surface area contributed by atoms with Gasteiger partial charge in [-0.05, 0) is 43.4 Å². The molecule has 2 saturated heterocycles. The highest BCUT2D eigenvalue weighted by Crippen LogP contribution is 2.34. The van der Waals surface area contributed by atoms with Crippen LogP contribution in [0.5, 0.6) is 0 Å². The first-order chi connectivity index (χ1) is 10.2. The first-order valence-electron chi connectivity index (χ1n) is 7.61. The second-order valence-electron chi connectivity index (χ2n) is 5.74. The first kappa shape index (κ1) is 17.5. The number of ether oxygens (including phenoxy) is 1. The fraction of sp³-hybridized carbons (Fsp3) is 0.562. The van der Waals surface area contributed by atoms with Crippen molar-refractivity contribution in [1.82, 2.24) is 10.6 Å². The molecule has 3 unspecified atom stereocenters. The van der Waals surface area contributed by atoms with Crippen LogP contribution in [0.2, 0.25) is 0 Å². The van der Waals surface area contributed by atoms with Gasteiger partial charge in [-0.25, -0.2) is 4.39 Å². The van der Waals surface area contributed by atoms with Gasteiger partial charge in [0.05, 0.1) is 18.2 Å². The third-order valence-corrected chi connectivity index (χ3v) is 4.25. The molecule has 0 saturated carbocycles. The van der Waals surface area contributed by atoms with E-state index in [9.17, 15) is 4.39 Å². The average molecular weight is 419 g/mol. The Labute approximate surface area is 147 Å². The maximum Gasteiger partial charge on any atom is 0.191 e. The lowest BCUT2D eigenvalue weighted by molar-refractivity contribution is 0.0992. The Morgan fingerprint density at radius 1 is 1.41 bits per heavy atom. The summed E-state index contributed by atoms with van der Waals surface area (Å²) >= 11 is 0. The number of nitrogens with one attached hydrogen (secondary N) is 2. The first-order valence-corrected chi connectivity index (χ1v) is 7.61. The molecular formula is C16H23FIN3O. The monoisotopic (exact) mass is 419 g/mol. The second kappa shape index (κ2) is 8.10. The van der Waals surface area contributed by atoms with Crippen molar-refractivity contribution < 1.29 is 9.13 Å². The predicted octanol–water partition coefficient (Wildman–Crippen LogP) is 2.47. The van der Waals surface area contributed by atoms with Crippen LogP contribution in [0.3, 0.4) is 0 Å². The molecule has 6 heteroatoms. The van der Waals surface area contributed by atoms with E-state index in [0.717, 1.165) is 37.3 Å². The fourth-order valence-electron chi connectivity index (χ4n) is 3.18. The molecule has 1 aromatic carbocycles. The van der Waals surface area contributed by atoms with E-state index in [1.54, 1.807) is 19.2 Å². The number of aliphatic imine (C=N–C) groups is 1. The van der Waals surface area contributed by atoms with Gasteiger partial charge in [0.1, 0.15) is 5.82 Å². The molecule has 2 bridgehead atoms. The average Bonchev–Trinajstić information content (AvgIpc) is 3.09. The molecule has 1 aromatic rings. The Hall–Kier alpha value is -0.890.